The van der Waals surface area contributed by atoms with Gasteiger partial charge in [0.15, 0.2) is 11.6 Å². The number of aliphatic hydroxyl groups excluding tert-OH is 2. The fourth-order valence-electron chi connectivity index (χ4n) is 2.86. The lowest BCUT2D eigenvalue weighted by Gasteiger charge is -2.21. The average Bonchev–Trinajstić information content (AvgIpc) is 2.73. The summed E-state index contributed by atoms with van der Waals surface area (Å²) in [5.74, 6) is -0.693. The number of hydrogen-bond acceptors (Lipinski definition) is 6. The molecule has 0 aliphatic heterocycles. The second kappa shape index (κ2) is 12.1. The molecule has 0 unspecified atom stereocenters. The fourth-order valence-corrected chi connectivity index (χ4v) is 2.86. The van der Waals surface area contributed by atoms with Crippen molar-refractivity contribution in [1.29, 1.82) is 0 Å². The molecule has 4 atom stereocenters. The van der Waals surface area contributed by atoms with E-state index >= 15 is 0 Å². The molecule has 0 aliphatic rings. The van der Waals surface area contributed by atoms with Crippen LogP contribution in [0.1, 0.15) is 25.0 Å². The first-order valence-corrected chi connectivity index (χ1v) is 9.75. The Hall–Kier alpha value is -2.64. The number of benzene rings is 2. The van der Waals surface area contributed by atoms with E-state index in [1.807, 2.05) is 60.7 Å². The monoisotopic (exact) mass is 412 g/mol. The number of rotatable bonds is 12. The van der Waals surface area contributed by atoms with E-state index in [9.17, 15) is 19.8 Å². The summed E-state index contributed by atoms with van der Waals surface area (Å²) in [6.07, 6.45) is -2.22. The molecule has 0 amide bonds. The molecular formula is C24H28O6. The summed E-state index contributed by atoms with van der Waals surface area (Å²) in [5.41, 5.74) is 1.73. The van der Waals surface area contributed by atoms with Gasteiger partial charge >= 0.3 is 0 Å². The first kappa shape index (κ1) is 23.6. The van der Waals surface area contributed by atoms with Crippen LogP contribution in [0, 0.1) is 0 Å². The SMILES string of the molecule is CC(=O)[C@H](OCc1ccccc1)[C@@H](O)/C=C/[C@H](O)[C@@H](OCc1ccccc1)C(C)=O. The molecule has 6 heteroatoms. The van der Waals surface area contributed by atoms with Crippen LogP contribution in [0.25, 0.3) is 0 Å². The Bertz CT molecular complexity index is 749. The number of carbonyl (C=O) groups excluding carboxylic acids is 2. The van der Waals surface area contributed by atoms with Crippen molar-refractivity contribution in [1.82, 2.24) is 0 Å². The third kappa shape index (κ3) is 7.65. The van der Waals surface area contributed by atoms with E-state index in [4.69, 9.17) is 9.47 Å². The van der Waals surface area contributed by atoms with Crippen molar-refractivity contribution in [2.45, 2.75) is 51.5 Å². The number of hydrogen-bond donors (Lipinski definition) is 2. The molecule has 6 nitrogen and oxygen atoms in total. The number of ether oxygens (including phenoxy) is 2. The van der Waals surface area contributed by atoms with E-state index in [2.05, 4.69) is 0 Å². The van der Waals surface area contributed by atoms with Gasteiger partial charge in [0.2, 0.25) is 0 Å². The van der Waals surface area contributed by atoms with Crippen LogP contribution in [0.15, 0.2) is 72.8 Å². The van der Waals surface area contributed by atoms with Gasteiger partial charge in [-0.2, -0.15) is 0 Å². The molecule has 0 aromatic heterocycles. The molecule has 0 aliphatic carbocycles. The van der Waals surface area contributed by atoms with Gasteiger partial charge in [0.1, 0.15) is 24.4 Å². The van der Waals surface area contributed by atoms with Gasteiger partial charge in [0.05, 0.1) is 13.2 Å². The van der Waals surface area contributed by atoms with Crippen LogP contribution >= 0.6 is 0 Å². The highest BCUT2D eigenvalue weighted by Gasteiger charge is 2.26. The normalized spacial score (nSPS) is 15.5. The maximum absolute atomic E-state index is 11.9. The van der Waals surface area contributed by atoms with Crippen LogP contribution in [0.5, 0.6) is 0 Å². The lowest BCUT2D eigenvalue weighted by molar-refractivity contribution is -0.136. The molecule has 0 fully saturated rings. The van der Waals surface area contributed by atoms with Crippen molar-refractivity contribution in [2.24, 2.45) is 0 Å². The smallest absolute Gasteiger partial charge is 0.161 e. The topological polar surface area (TPSA) is 93.1 Å². The van der Waals surface area contributed by atoms with Crippen molar-refractivity contribution < 1.29 is 29.3 Å². The predicted octanol–water partition coefficient (Wildman–Crippen LogP) is 2.61. The molecule has 160 valence electrons. The second-order valence-corrected chi connectivity index (χ2v) is 7.02. The van der Waals surface area contributed by atoms with E-state index in [-0.39, 0.29) is 24.8 Å². The van der Waals surface area contributed by atoms with Crippen molar-refractivity contribution in [3.8, 4) is 0 Å². The van der Waals surface area contributed by atoms with Gasteiger partial charge in [-0.1, -0.05) is 72.8 Å². The molecular weight excluding hydrogens is 384 g/mol. The van der Waals surface area contributed by atoms with Gasteiger partial charge in [-0.15, -0.1) is 0 Å². The Morgan fingerprint density at radius 3 is 1.37 bits per heavy atom. The van der Waals surface area contributed by atoms with Crippen molar-refractivity contribution in [3.63, 3.8) is 0 Å². The van der Waals surface area contributed by atoms with E-state index in [1.165, 1.54) is 26.0 Å². The molecule has 30 heavy (non-hydrogen) atoms. The maximum atomic E-state index is 11.9. The average molecular weight is 412 g/mol. The number of Topliss-reactive ketones (excluding diaryl/α,β-unsaturated/α-hetero) is 2. The van der Waals surface area contributed by atoms with Gasteiger partial charge in [0, 0.05) is 0 Å². The minimum absolute atomic E-state index is 0.162. The summed E-state index contributed by atoms with van der Waals surface area (Å²) < 4.78 is 11.1. The van der Waals surface area contributed by atoms with E-state index < -0.39 is 24.4 Å². The molecule has 2 aromatic carbocycles. The molecule has 0 radical (unpaired) electrons. The van der Waals surface area contributed by atoms with Gasteiger partial charge < -0.3 is 19.7 Å². The number of ketones is 2. The molecule has 0 heterocycles. The Balaban J connectivity index is 1.96. The van der Waals surface area contributed by atoms with Crippen LogP contribution in [0.2, 0.25) is 0 Å². The van der Waals surface area contributed by atoms with Crippen molar-refractivity contribution in [3.05, 3.63) is 83.9 Å². The van der Waals surface area contributed by atoms with Crippen LogP contribution in [0.3, 0.4) is 0 Å². The summed E-state index contributed by atoms with van der Waals surface area (Å²) in [6, 6.07) is 18.6. The van der Waals surface area contributed by atoms with Gasteiger partial charge in [-0.05, 0) is 25.0 Å². The zero-order chi connectivity index (χ0) is 21.9. The van der Waals surface area contributed by atoms with E-state index in [0.29, 0.717) is 0 Å². The molecule has 2 rings (SSSR count). The van der Waals surface area contributed by atoms with Crippen molar-refractivity contribution in [2.75, 3.05) is 0 Å². The number of aliphatic hydroxyl groups is 2. The van der Waals surface area contributed by atoms with Crippen LogP contribution in [-0.2, 0) is 32.3 Å². The zero-order valence-electron chi connectivity index (χ0n) is 17.2. The van der Waals surface area contributed by atoms with Crippen LogP contribution in [0.4, 0.5) is 0 Å². The third-order valence-corrected chi connectivity index (χ3v) is 4.47. The molecule has 0 bridgehead atoms. The summed E-state index contributed by atoms with van der Waals surface area (Å²) in [4.78, 5) is 23.8. The largest absolute Gasteiger partial charge is 0.386 e. The first-order chi connectivity index (χ1) is 14.4. The summed E-state index contributed by atoms with van der Waals surface area (Å²) in [5, 5.41) is 20.7. The summed E-state index contributed by atoms with van der Waals surface area (Å²) >= 11 is 0. The highest BCUT2D eigenvalue weighted by atomic mass is 16.5. The van der Waals surface area contributed by atoms with Crippen LogP contribution in [-0.4, -0.2) is 46.2 Å². The summed E-state index contributed by atoms with van der Waals surface area (Å²) in [6.45, 7) is 2.97. The highest BCUT2D eigenvalue weighted by Crippen LogP contribution is 2.12. The molecule has 2 aromatic rings. The number of carbonyl (C=O) groups is 2. The van der Waals surface area contributed by atoms with Gasteiger partial charge in [0.25, 0.3) is 0 Å². The Morgan fingerprint density at radius 2 is 1.07 bits per heavy atom. The summed E-state index contributed by atoms with van der Waals surface area (Å²) in [7, 11) is 0. The van der Waals surface area contributed by atoms with Crippen LogP contribution < -0.4 is 0 Å². The van der Waals surface area contributed by atoms with Gasteiger partial charge in [-0.25, -0.2) is 0 Å². The maximum Gasteiger partial charge on any atom is 0.161 e. The lowest BCUT2D eigenvalue weighted by atomic mass is 10.1. The Morgan fingerprint density at radius 1 is 0.733 bits per heavy atom. The standard InChI is InChI=1S/C24H28O6/c1-17(25)23(29-15-19-9-5-3-6-10-19)21(27)13-14-22(28)24(18(2)26)30-16-20-11-7-4-8-12-20/h3-14,21-24,27-28H,15-16H2,1-2H3/b14-13+/t21-,22-,23-,24-/m0/s1. The predicted molar refractivity (Wildman–Crippen MR) is 113 cm³/mol. The lowest BCUT2D eigenvalue weighted by Crippen LogP contribution is -2.36. The quantitative estimate of drug-likeness (QED) is 0.521. The third-order valence-electron chi connectivity index (χ3n) is 4.47. The molecule has 0 saturated heterocycles. The fraction of sp³-hybridized carbons (Fsp3) is 0.333. The minimum Gasteiger partial charge on any atom is -0.386 e. The zero-order valence-corrected chi connectivity index (χ0v) is 17.2. The molecule has 2 N–H and O–H groups in total. The molecule has 0 saturated carbocycles. The van der Waals surface area contributed by atoms with Crippen molar-refractivity contribution >= 4 is 11.6 Å². The first-order valence-electron chi connectivity index (χ1n) is 9.75. The van der Waals surface area contributed by atoms with Gasteiger partial charge in [-0.3, -0.25) is 9.59 Å². The Kier molecular flexibility index (Phi) is 9.57. The van der Waals surface area contributed by atoms with E-state index in [1.54, 1.807) is 0 Å². The second-order valence-electron chi connectivity index (χ2n) is 7.02. The molecule has 0 spiro atoms. The highest BCUT2D eigenvalue weighted by molar-refractivity contribution is 5.82. The Labute approximate surface area is 176 Å². The van der Waals surface area contributed by atoms with E-state index in [0.717, 1.165) is 11.1 Å². The minimum atomic E-state index is -1.28.